The van der Waals surface area contributed by atoms with Gasteiger partial charge in [0.1, 0.15) is 11.4 Å². The molecule has 0 aliphatic carbocycles. The number of esters is 2. The molecule has 0 radical (unpaired) electrons. The molecule has 1 aromatic rings. The lowest BCUT2D eigenvalue weighted by atomic mass is 10.2. The first-order chi connectivity index (χ1) is 10.7. The van der Waals surface area contributed by atoms with E-state index in [0.29, 0.717) is 0 Å². The van der Waals surface area contributed by atoms with E-state index in [9.17, 15) is 22.8 Å². The largest absolute Gasteiger partial charge is 0.573 e. The highest BCUT2D eigenvalue weighted by Gasteiger charge is 2.32. The Labute approximate surface area is 137 Å². The fourth-order valence-corrected chi connectivity index (χ4v) is 1.83. The van der Waals surface area contributed by atoms with Crippen LogP contribution in [-0.2, 0) is 19.1 Å². The Kier molecular flexibility index (Phi) is 6.43. The van der Waals surface area contributed by atoms with E-state index in [1.54, 1.807) is 0 Å². The van der Waals surface area contributed by atoms with Gasteiger partial charge in [0.2, 0.25) is 0 Å². The first-order valence-corrected chi connectivity index (χ1v) is 6.66. The van der Waals surface area contributed by atoms with Crippen LogP contribution in [0.5, 0.6) is 5.75 Å². The highest BCUT2D eigenvalue weighted by Crippen LogP contribution is 2.36. The molecule has 0 aliphatic rings. The van der Waals surface area contributed by atoms with E-state index < -0.39 is 24.1 Å². The van der Waals surface area contributed by atoms with E-state index in [4.69, 9.17) is 0 Å². The van der Waals surface area contributed by atoms with Gasteiger partial charge in [0, 0.05) is 0 Å². The highest BCUT2D eigenvalue weighted by molar-refractivity contribution is 9.10. The molecule has 1 N–H and O–H groups in total. The zero-order valence-electron chi connectivity index (χ0n) is 11.9. The van der Waals surface area contributed by atoms with Crippen LogP contribution >= 0.6 is 15.9 Å². The normalized spacial score (nSPS) is 11.7. The minimum Gasteiger partial charge on any atom is -0.466 e. The van der Waals surface area contributed by atoms with Crippen molar-refractivity contribution in [3.63, 3.8) is 0 Å². The lowest BCUT2D eigenvalue weighted by Crippen LogP contribution is -2.18. The molecule has 1 rings (SSSR count). The molecule has 0 spiro atoms. The molecule has 0 atom stereocenters. The Bertz CT molecular complexity index is 631. The van der Waals surface area contributed by atoms with Crippen LogP contribution in [0.15, 0.2) is 34.4 Å². The number of ether oxygens (including phenoxy) is 3. The van der Waals surface area contributed by atoms with E-state index in [2.05, 4.69) is 35.5 Å². The van der Waals surface area contributed by atoms with Crippen molar-refractivity contribution in [2.75, 3.05) is 19.5 Å². The summed E-state index contributed by atoms with van der Waals surface area (Å²) in [7, 11) is 2.18. The Hall–Kier alpha value is -2.23. The standard InChI is InChI=1S/C13H11BrF3NO5/c1-21-10(19)6-8(12(20)22-2)18-7-4-3-5-9(11(7)14)23-13(15,16)17/h3-6,18H,1-2H3/b8-6+. The Balaban J connectivity index is 3.15. The molecule has 126 valence electrons. The summed E-state index contributed by atoms with van der Waals surface area (Å²) in [4.78, 5) is 22.8. The van der Waals surface area contributed by atoms with Crippen LogP contribution in [0.4, 0.5) is 18.9 Å². The van der Waals surface area contributed by atoms with Crippen LogP contribution in [-0.4, -0.2) is 32.5 Å². The fraction of sp³-hybridized carbons (Fsp3) is 0.231. The zero-order chi connectivity index (χ0) is 17.6. The van der Waals surface area contributed by atoms with Gasteiger partial charge in [-0.15, -0.1) is 13.2 Å². The number of alkyl halides is 3. The predicted octanol–water partition coefficient (Wildman–Crippen LogP) is 2.99. The quantitative estimate of drug-likeness (QED) is 0.608. The van der Waals surface area contributed by atoms with E-state index in [1.807, 2.05) is 0 Å². The number of halogens is 4. The Morgan fingerprint density at radius 1 is 1.22 bits per heavy atom. The minimum atomic E-state index is -4.88. The molecule has 0 bridgehead atoms. The molecule has 0 aromatic heterocycles. The predicted molar refractivity (Wildman–Crippen MR) is 76.6 cm³/mol. The summed E-state index contributed by atoms with van der Waals surface area (Å²) >= 11 is 2.93. The van der Waals surface area contributed by atoms with Gasteiger partial charge in [-0.25, -0.2) is 9.59 Å². The highest BCUT2D eigenvalue weighted by atomic mass is 79.9. The molecule has 0 saturated heterocycles. The number of benzene rings is 1. The van der Waals surface area contributed by atoms with E-state index >= 15 is 0 Å². The first kappa shape index (κ1) is 18.8. The van der Waals surface area contributed by atoms with Crippen LogP contribution in [0, 0.1) is 0 Å². The molecule has 0 aliphatic heterocycles. The maximum absolute atomic E-state index is 12.3. The van der Waals surface area contributed by atoms with Crippen molar-refractivity contribution in [3.8, 4) is 5.75 Å². The van der Waals surface area contributed by atoms with E-state index in [-0.39, 0.29) is 15.9 Å². The molecule has 0 amide bonds. The van der Waals surface area contributed by atoms with Crippen LogP contribution < -0.4 is 10.1 Å². The molecule has 0 unspecified atom stereocenters. The molecule has 10 heteroatoms. The maximum atomic E-state index is 12.3. The monoisotopic (exact) mass is 397 g/mol. The SMILES string of the molecule is COC(=O)/C=C(/Nc1cccc(OC(F)(F)F)c1Br)C(=O)OC. The number of anilines is 1. The molecule has 0 heterocycles. The lowest BCUT2D eigenvalue weighted by Gasteiger charge is -2.15. The summed E-state index contributed by atoms with van der Waals surface area (Å²) in [6, 6.07) is 3.70. The van der Waals surface area contributed by atoms with Gasteiger partial charge in [0.05, 0.1) is 30.5 Å². The van der Waals surface area contributed by atoms with Crippen LogP contribution in [0.3, 0.4) is 0 Å². The number of methoxy groups -OCH3 is 2. The van der Waals surface area contributed by atoms with Crippen molar-refractivity contribution >= 4 is 33.6 Å². The molecule has 0 fully saturated rings. The molecule has 1 aromatic carbocycles. The van der Waals surface area contributed by atoms with Gasteiger partial charge in [-0.05, 0) is 28.1 Å². The third-order valence-electron chi connectivity index (χ3n) is 2.33. The second kappa shape index (κ2) is 7.86. The van der Waals surface area contributed by atoms with Crippen molar-refractivity contribution in [3.05, 3.63) is 34.4 Å². The summed E-state index contributed by atoms with van der Waals surface area (Å²) in [6.07, 6.45) is -4.08. The van der Waals surface area contributed by atoms with Crippen molar-refractivity contribution in [2.24, 2.45) is 0 Å². The molecule has 23 heavy (non-hydrogen) atoms. The number of hydrogen-bond donors (Lipinski definition) is 1. The Morgan fingerprint density at radius 3 is 2.39 bits per heavy atom. The third-order valence-corrected chi connectivity index (χ3v) is 3.14. The lowest BCUT2D eigenvalue weighted by molar-refractivity contribution is -0.274. The summed E-state index contributed by atoms with van der Waals surface area (Å²) in [5, 5.41) is 2.48. The number of rotatable bonds is 5. The molecule has 6 nitrogen and oxygen atoms in total. The summed E-state index contributed by atoms with van der Waals surface area (Å²) in [5.74, 6) is -2.29. The number of hydrogen-bond acceptors (Lipinski definition) is 6. The fourth-order valence-electron chi connectivity index (χ4n) is 1.39. The topological polar surface area (TPSA) is 73.9 Å². The summed E-state index contributed by atoms with van der Waals surface area (Å²) in [6.45, 7) is 0. The van der Waals surface area contributed by atoms with Crippen molar-refractivity contribution < 1.29 is 37.0 Å². The van der Waals surface area contributed by atoms with Crippen molar-refractivity contribution in [1.82, 2.24) is 0 Å². The molecule has 0 saturated carbocycles. The third kappa shape index (κ3) is 5.81. The van der Waals surface area contributed by atoms with Gasteiger partial charge in [0.15, 0.2) is 0 Å². The van der Waals surface area contributed by atoms with Crippen LogP contribution in [0.1, 0.15) is 0 Å². The second-order valence-corrected chi connectivity index (χ2v) is 4.66. The minimum absolute atomic E-state index is 0.0484. The van der Waals surface area contributed by atoms with Crippen molar-refractivity contribution in [2.45, 2.75) is 6.36 Å². The van der Waals surface area contributed by atoms with Gasteiger partial charge in [-0.2, -0.15) is 0 Å². The van der Waals surface area contributed by atoms with Gasteiger partial charge in [-0.3, -0.25) is 0 Å². The summed E-state index contributed by atoms with van der Waals surface area (Å²) < 4.78 is 49.5. The van der Waals surface area contributed by atoms with Gasteiger partial charge in [-0.1, -0.05) is 6.07 Å². The second-order valence-electron chi connectivity index (χ2n) is 3.86. The number of carbonyl (C=O) groups excluding carboxylic acids is 2. The van der Waals surface area contributed by atoms with E-state index in [0.717, 1.165) is 26.4 Å². The maximum Gasteiger partial charge on any atom is 0.573 e. The smallest absolute Gasteiger partial charge is 0.466 e. The number of carbonyl (C=O) groups is 2. The van der Waals surface area contributed by atoms with Crippen LogP contribution in [0.2, 0.25) is 0 Å². The summed E-state index contributed by atoms with van der Waals surface area (Å²) in [5.41, 5.74) is -0.281. The Morgan fingerprint density at radius 2 is 1.87 bits per heavy atom. The van der Waals surface area contributed by atoms with Gasteiger partial charge in [0.25, 0.3) is 0 Å². The van der Waals surface area contributed by atoms with E-state index in [1.165, 1.54) is 12.1 Å². The van der Waals surface area contributed by atoms with Crippen molar-refractivity contribution in [1.29, 1.82) is 0 Å². The number of nitrogens with one attached hydrogen (secondary N) is 1. The average molecular weight is 398 g/mol. The average Bonchev–Trinajstić information content (AvgIpc) is 2.48. The van der Waals surface area contributed by atoms with Crippen LogP contribution in [0.25, 0.3) is 0 Å². The molecular formula is C13H11BrF3NO5. The van der Waals surface area contributed by atoms with Gasteiger partial charge < -0.3 is 19.5 Å². The first-order valence-electron chi connectivity index (χ1n) is 5.87. The molecular weight excluding hydrogens is 387 g/mol. The zero-order valence-corrected chi connectivity index (χ0v) is 13.4. The van der Waals surface area contributed by atoms with Gasteiger partial charge >= 0.3 is 18.3 Å².